The fraction of sp³-hybridized carbons (Fsp3) is 0.682. The van der Waals surface area contributed by atoms with Crippen molar-refractivity contribution in [2.45, 2.75) is 31.4 Å². The summed E-state index contributed by atoms with van der Waals surface area (Å²) in [6, 6.07) is 8.28. The number of nitrogens with zero attached hydrogens (tertiary/aromatic N) is 3. The average Bonchev–Trinajstić information content (AvgIpc) is 2.77. The van der Waals surface area contributed by atoms with Crippen LogP contribution in [0.1, 0.15) is 26.7 Å². The van der Waals surface area contributed by atoms with Gasteiger partial charge in [0, 0.05) is 50.7 Å². The lowest BCUT2D eigenvalue weighted by atomic mass is 9.99. The Bertz CT molecular complexity index is 650. The number of anilines is 1. The third kappa shape index (κ3) is 5.72. The van der Waals surface area contributed by atoms with Crippen molar-refractivity contribution in [2.75, 3.05) is 70.2 Å². The average molecular weight is 421 g/mol. The lowest BCUT2D eigenvalue weighted by Gasteiger charge is -2.39. The van der Waals surface area contributed by atoms with E-state index in [1.807, 2.05) is 12.1 Å². The Morgan fingerprint density at radius 1 is 1.17 bits per heavy atom. The van der Waals surface area contributed by atoms with Gasteiger partial charge in [-0.1, -0.05) is 19.1 Å². The molecule has 2 fully saturated rings. The first-order valence-corrected chi connectivity index (χ1v) is 11.8. The predicted molar refractivity (Wildman–Crippen MR) is 124 cm³/mol. The molecule has 0 amide bonds. The van der Waals surface area contributed by atoms with Crippen LogP contribution in [0.15, 0.2) is 29.3 Å². The fourth-order valence-corrected chi connectivity index (χ4v) is 5.32. The van der Waals surface area contributed by atoms with Crippen LogP contribution in [0.2, 0.25) is 0 Å². The van der Waals surface area contributed by atoms with Crippen molar-refractivity contribution in [2.24, 2.45) is 4.99 Å². The molecule has 0 bridgehead atoms. The van der Waals surface area contributed by atoms with Crippen molar-refractivity contribution in [1.29, 1.82) is 0 Å². The van der Waals surface area contributed by atoms with Gasteiger partial charge in [-0.3, -0.25) is 4.99 Å². The van der Waals surface area contributed by atoms with Crippen LogP contribution < -0.4 is 15.0 Å². The van der Waals surface area contributed by atoms with E-state index < -0.39 is 0 Å². The molecular formula is C22H36N4O2S. The number of rotatable bonds is 7. The van der Waals surface area contributed by atoms with Crippen molar-refractivity contribution in [3.63, 3.8) is 0 Å². The number of hydrogen-bond acceptors (Lipinski definition) is 5. The lowest BCUT2D eigenvalue weighted by molar-refractivity contribution is 0.0792. The molecule has 29 heavy (non-hydrogen) atoms. The minimum atomic E-state index is 0.229. The van der Waals surface area contributed by atoms with E-state index in [1.165, 1.54) is 5.69 Å². The summed E-state index contributed by atoms with van der Waals surface area (Å²) in [6.07, 6.45) is 2.19. The Labute approximate surface area is 180 Å². The number of para-hydroxylation sites is 2. The molecule has 2 aliphatic rings. The highest BCUT2D eigenvalue weighted by Crippen LogP contribution is 2.36. The quantitative estimate of drug-likeness (QED) is 0.540. The number of hydrogen-bond donors (Lipinski definition) is 1. The van der Waals surface area contributed by atoms with E-state index in [4.69, 9.17) is 14.5 Å². The van der Waals surface area contributed by atoms with Gasteiger partial charge in [0.15, 0.2) is 5.96 Å². The summed E-state index contributed by atoms with van der Waals surface area (Å²) in [5, 5.41) is 3.52. The second-order valence-corrected chi connectivity index (χ2v) is 9.28. The molecule has 1 N–H and O–H groups in total. The number of thioether (sulfide) groups is 1. The molecular weight excluding hydrogens is 384 g/mol. The van der Waals surface area contributed by atoms with Gasteiger partial charge < -0.3 is 24.6 Å². The summed E-state index contributed by atoms with van der Waals surface area (Å²) in [5.41, 5.74) is 1.18. The molecule has 0 aromatic heterocycles. The first-order chi connectivity index (χ1) is 14.2. The van der Waals surface area contributed by atoms with Gasteiger partial charge in [0.1, 0.15) is 5.75 Å². The highest BCUT2D eigenvalue weighted by molar-refractivity contribution is 8.00. The molecule has 0 saturated carbocycles. The normalized spacial score (nSPS) is 19.9. The van der Waals surface area contributed by atoms with Gasteiger partial charge in [0.2, 0.25) is 0 Å². The lowest BCUT2D eigenvalue weighted by Crippen LogP contribution is -2.53. The molecule has 7 heteroatoms. The Hall–Kier alpha value is -1.60. The zero-order valence-electron chi connectivity index (χ0n) is 18.2. The van der Waals surface area contributed by atoms with E-state index in [-0.39, 0.29) is 4.75 Å². The Balaban J connectivity index is 1.65. The smallest absolute Gasteiger partial charge is 0.194 e. The minimum Gasteiger partial charge on any atom is -0.495 e. The summed E-state index contributed by atoms with van der Waals surface area (Å²) in [4.78, 5) is 9.91. The summed E-state index contributed by atoms with van der Waals surface area (Å²) in [5.74, 6) is 3.12. The van der Waals surface area contributed by atoms with Gasteiger partial charge in [-0.15, -0.1) is 0 Å². The topological polar surface area (TPSA) is 49.3 Å². The summed E-state index contributed by atoms with van der Waals surface area (Å²) < 4.78 is 11.4. The molecule has 2 heterocycles. The third-order valence-corrected chi connectivity index (χ3v) is 7.15. The van der Waals surface area contributed by atoms with E-state index in [0.29, 0.717) is 0 Å². The summed E-state index contributed by atoms with van der Waals surface area (Å²) in [7, 11) is 1.74. The van der Waals surface area contributed by atoms with Gasteiger partial charge in [0.05, 0.1) is 19.3 Å². The largest absolute Gasteiger partial charge is 0.495 e. The van der Waals surface area contributed by atoms with Crippen molar-refractivity contribution in [1.82, 2.24) is 10.2 Å². The third-order valence-electron chi connectivity index (χ3n) is 5.71. The number of aliphatic imine (C=N–C) groups is 1. The number of ether oxygens (including phenoxy) is 2. The maximum absolute atomic E-state index is 5.61. The van der Waals surface area contributed by atoms with Crippen LogP contribution in [0.4, 0.5) is 5.69 Å². The van der Waals surface area contributed by atoms with Gasteiger partial charge >= 0.3 is 0 Å². The molecule has 0 aliphatic carbocycles. The SMILES string of the molecule is CCNC(=NCC1(SCC)CCOCC1)N1CCN(c2ccccc2OC)CC1. The van der Waals surface area contributed by atoms with Crippen LogP contribution in [-0.4, -0.2) is 81.0 Å². The Kier molecular flexibility index (Phi) is 8.36. The molecule has 162 valence electrons. The van der Waals surface area contributed by atoms with E-state index >= 15 is 0 Å². The highest BCUT2D eigenvalue weighted by atomic mass is 32.2. The van der Waals surface area contributed by atoms with E-state index in [1.54, 1.807) is 7.11 Å². The molecule has 0 spiro atoms. The van der Waals surface area contributed by atoms with Crippen LogP contribution in [0, 0.1) is 0 Å². The van der Waals surface area contributed by atoms with Crippen molar-refractivity contribution >= 4 is 23.4 Å². The Morgan fingerprint density at radius 2 is 1.90 bits per heavy atom. The van der Waals surface area contributed by atoms with Gasteiger partial charge in [-0.05, 0) is 37.7 Å². The maximum atomic E-state index is 5.61. The fourth-order valence-electron chi connectivity index (χ4n) is 4.09. The summed E-state index contributed by atoms with van der Waals surface area (Å²) >= 11 is 2.05. The number of guanidine groups is 1. The first kappa shape index (κ1) is 22.1. The van der Waals surface area contributed by atoms with Crippen LogP contribution in [0.3, 0.4) is 0 Å². The first-order valence-electron chi connectivity index (χ1n) is 10.8. The van der Waals surface area contributed by atoms with Crippen LogP contribution in [-0.2, 0) is 4.74 Å². The molecule has 6 nitrogen and oxygen atoms in total. The van der Waals surface area contributed by atoms with Gasteiger partial charge in [0.25, 0.3) is 0 Å². The molecule has 0 atom stereocenters. The highest BCUT2D eigenvalue weighted by Gasteiger charge is 2.33. The number of nitrogens with one attached hydrogen (secondary N) is 1. The molecule has 1 aromatic rings. The van der Waals surface area contributed by atoms with E-state index in [9.17, 15) is 0 Å². The van der Waals surface area contributed by atoms with Crippen molar-refractivity contribution in [3.05, 3.63) is 24.3 Å². The predicted octanol–water partition coefficient (Wildman–Crippen LogP) is 3.09. The van der Waals surface area contributed by atoms with Crippen LogP contribution >= 0.6 is 11.8 Å². The maximum Gasteiger partial charge on any atom is 0.194 e. The molecule has 0 unspecified atom stereocenters. The minimum absolute atomic E-state index is 0.229. The Morgan fingerprint density at radius 3 is 2.55 bits per heavy atom. The molecule has 2 saturated heterocycles. The van der Waals surface area contributed by atoms with Crippen molar-refractivity contribution < 1.29 is 9.47 Å². The second kappa shape index (κ2) is 11.0. The van der Waals surface area contributed by atoms with Crippen LogP contribution in [0.25, 0.3) is 0 Å². The number of benzene rings is 1. The van der Waals surface area contributed by atoms with E-state index in [0.717, 1.165) is 82.8 Å². The number of piperazine rings is 1. The molecule has 3 rings (SSSR count). The molecule has 0 radical (unpaired) electrons. The zero-order valence-corrected chi connectivity index (χ0v) is 19.0. The second-order valence-electron chi connectivity index (χ2n) is 7.54. The standard InChI is InChI=1S/C22H36N4O2S/c1-4-23-21(24-18-22(29-5-2)10-16-28-17-11-22)26-14-12-25(13-15-26)19-8-6-7-9-20(19)27-3/h6-9H,4-5,10-18H2,1-3H3,(H,23,24). The van der Waals surface area contributed by atoms with Gasteiger partial charge in [-0.2, -0.15) is 11.8 Å². The molecule has 1 aromatic carbocycles. The monoisotopic (exact) mass is 420 g/mol. The van der Waals surface area contributed by atoms with Crippen molar-refractivity contribution in [3.8, 4) is 5.75 Å². The number of methoxy groups -OCH3 is 1. The molecule has 2 aliphatic heterocycles. The summed E-state index contributed by atoms with van der Waals surface area (Å²) in [6.45, 7) is 11.7. The van der Waals surface area contributed by atoms with E-state index in [2.05, 4.69) is 52.9 Å². The zero-order chi connectivity index (χ0) is 20.5. The van der Waals surface area contributed by atoms with Gasteiger partial charge in [-0.25, -0.2) is 0 Å². The van der Waals surface area contributed by atoms with Crippen LogP contribution in [0.5, 0.6) is 5.75 Å².